The van der Waals surface area contributed by atoms with Crippen LogP contribution in [0.1, 0.15) is 134 Å². The summed E-state index contributed by atoms with van der Waals surface area (Å²) in [6.07, 6.45) is 17.1. The number of aryl methyl sites for hydroxylation is 4. The molecule has 0 unspecified atom stereocenters. The molecule has 2 aromatic carbocycles. The molecule has 0 saturated carbocycles. The topological polar surface area (TPSA) is 24.7 Å². The Kier molecular flexibility index (Phi) is 18.2. The molecule has 2 rings (SSSR count). The second kappa shape index (κ2) is 20.2. The first-order valence-corrected chi connectivity index (χ1v) is 15.5. The van der Waals surface area contributed by atoms with Gasteiger partial charge in [0.2, 0.25) is 0 Å². The fourth-order valence-corrected chi connectivity index (χ4v) is 5.07. The average molecular weight is 562 g/mol. The summed E-state index contributed by atoms with van der Waals surface area (Å²) >= 11 is 0. The molecule has 38 heavy (non-hydrogen) atoms. The van der Waals surface area contributed by atoms with E-state index in [-0.39, 0.29) is 16.5 Å². The summed E-state index contributed by atoms with van der Waals surface area (Å²) in [5, 5.41) is 0. The van der Waals surface area contributed by atoms with Gasteiger partial charge in [-0.05, 0) is 97.9 Å². The molecule has 0 aliphatic heterocycles. The third kappa shape index (κ3) is 12.4. The normalized spacial score (nSPS) is 12.1. The number of aliphatic imine (C=N–C) groups is 2. The second-order valence-electron chi connectivity index (χ2n) is 10.7. The predicted octanol–water partition coefficient (Wildman–Crippen LogP) is 11.1. The van der Waals surface area contributed by atoms with E-state index in [9.17, 15) is 0 Å². The summed E-state index contributed by atoms with van der Waals surface area (Å²) in [5.41, 5.74) is 10.3. The van der Waals surface area contributed by atoms with Crippen LogP contribution in [0.4, 0.5) is 11.4 Å². The van der Waals surface area contributed by atoms with Crippen LogP contribution in [0.5, 0.6) is 0 Å². The summed E-state index contributed by atoms with van der Waals surface area (Å²) in [6, 6.07) is 14.1. The van der Waals surface area contributed by atoms with Crippen molar-refractivity contribution in [2.24, 2.45) is 9.98 Å². The first kappa shape index (κ1) is 34.3. The van der Waals surface area contributed by atoms with Crippen molar-refractivity contribution < 1.29 is 16.5 Å². The van der Waals surface area contributed by atoms with Gasteiger partial charge >= 0.3 is 0 Å². The van der Waals surface area contributed by atoms with Gasteiger partial charge in [0.1, 0.15) is 0 Å². The molecule has 2 nitrogen and oxygen atoms in total. The van der Waals surface area contributed by atoms with Crippen LogP contribution in [0.2, 0.25) is 0 Å². The van der Waals surface area contributed by atoms with E-state index in [0.717, 1.165) is 56.3 Å². The minimum Gasteiger partial charge on any atom is -0.252 e. The monoisotopic (exact) mass is 560 g/mol. The summed E-state index contributed by atoms with van der Waals surface area (Å²) < 4.78 is 0. The second-order valence-corrected chi connectivity index (χ2v) is 10.7. The number of unbranched alkanes of at least 4 members (excludes halogenated alkanes) is 3. The molecule has 0 atom stereocenters. The van der Waals surface area contributed by atoms with Gasteiger partial charge < -0.3 is 0 Å². The molecule has 0 radical (unpaired) electrons. The maximum atomic E-state index is 5.37. The van der Waals surface area contributed by atoms with Crippen molar-refractivity contribution in [3.8, 4) is 0 Å². The molecule has 214 valence electrons. The minimum absolute atomic E-state index is 0. The Morgan fingerprint density at radius 3 is 1.11 bits per heavy atom. The van der Waals surface area contributed by atoms with E-state index in [0.29, 0.717) is 0 Å². The van der Waals surface area contributed by atoms with Crippen LogP contribution in [0.15, 0.2) is 46.4 Å². The van der Waals surface area contributed by atoms with Gasteiger partial charge in [-0.1, -0.05) is 98.6 Å². The molecule has 0 fully saturated rings. The Labute approximate surface area is 245 Å². The van der Waals surface area contributed by atoms with Crippen LogP contribution in [0.25, 0.3) is 0 Å². The van der Waals surface area contributed by atoms with E-state index in [1.54, 1.807) is 0 Å². The first-order valence-electron chi connectivity index (χ1n) is 15.5. The average Bonchev–Trinajstić information content (AvgIpc) is 2.87. The van der Waals surface area contributed by atoms with Gasteiger partial charge in [-0.15, -0.1) is 0 Å². The van der Waals surface area contributed by atoms with Gasteiger partial charge in [-0.25, -0.2) is 0 Å². The van der Waals surface area contributed by atoms with Crippen LogP contribution < -0.4 is 0 Å². The maximum absolute atomic E-state index is 5.37. The number of hydrogen-bond acceptors (Lipinski definition) is 2. The molecule has 0 amide bonds. The van der Waals surface area contributed by atoms with Crippen LogP contribution in [0, 0.1) is 0 Å². The summed E-state index contributed by atoms with van der Waals surface area (Å²) in [4.78, 5) is 10.7. The van der Waals surface area contributed by atoms with E-state index in [4.69, 9.17) is 9.98 Å². The summed E-state index contributed by atoms with van der Waals surface area (Å²) in [6.45, 7) is 13.6. The first-order chi connectivity index (χ1) is 18.1. The standard InChI is InChI=1S/C35H54N2.Ni/c1-7-13-15-21-35(37-33-26-30(18-11-5)23-31(27-33)19-12-6)34(20-14-8-2)36-32-24-28(16-9-3)22-29(25-32)17-10-4;/h22-27H,7-21H2,1-6H3;/b36-34+,37-35+;. The maximum Gasteiger partial charge on any atom is 0.0639 e. The van der Waals surface area contributed by atoms with Gasteiger partial charge in [-0.3, -0.25) is 9.98 Å². The van der Waals surface area contributed by atoms with Crippen LogP contribution in [-0.4, -0.2) is 11.4 Å². The van der Waals surface area contributed by atoms with Gasteiger partial charge in [0.25, 0.3) is 0 Å². The molecule has 0 bridgehead atoms. The van der Waals surface area contributed by atoms with Crippen molar-refractivity contribution in [1.29, 1.82) is 0 Å². The molecule has 0 aliphatic rings. The Hall–Kier alpha value is -1.73. The molecule has 2 aromatic rings. The number of rotatable bonds is 18. The molecule has 3 heteroatoms. The van der Waals surface area contributed by atoms with E-state index in [2.05, 4.69) is 77.9 Å². The van der Waals surface area contributed by atoms with Crippen LogP contribution in [-0.2, 0) is 42.2 Å². The Balaban J connectivity index is 0.00000722. The van der Waals surface area contributed by atoms with E-state index >= 15 is 0 Å². The molecule has 0 saturated heterocycles. The fraction of sp³-hybridized carbons (Fsp3) is 0.600. The SMILES string of the molecule is CCCCCC(=N\c1cc(CCC)cc(CCC)c1)/C(CCCC)=N/c1cc(CCC)cc(CCC)c1.[Ni]. The van der Waals surface area contributed by atoms with Crippen molar-refractivity contribution in [1.82, 2.24) is 0 Å². The third-order valence-corrected chi connectivity index (χ3v) is 6.87. The summed E-state index contributed by atoms with van der Waals surface area (Å²) in [7, 11) is 0. The van der Waals surface area contributed by atoms with Crippen LogP contribution in [0.3, 0.4) is 0 Å². The fourth-order valence-electron chi connectivity index (χ4n) is 5.07. The third-order valence-electron chi connectivity index (χ3n) is 6.87. The molecule has 0 N–H and O–H groups in total. The zero-order valence-corrected chi connectivity index (χ0v) is 26.3. The minimum atomic E-state index is 0. The van der Waals surface area contributed by atoms with Crippen molar-refractivity contribution in [2.45, 2.75) is 138 Å². The molecular weight excluding hydrogens is 507 g/mol. The Morgan fingerprint density at radius 2 is 0.789 bits per heavy atom. The van der Waals surface area contributed by atoms with Gasteiger partial charge in [0, 0.05) is 16.5 Å². The molecule has 0 aliphatic carbocycles. The van der Waals surface area contributed by atoms with Crippen molar-refractivity contribution >= 4 is 22.8 Å². The van der Waals surface area contributed by atoms with E-state index in [1.807, 2.05) is 0 Å². The van der Waals surface area contributed by atoms with Crippen LogP contribution >= 0.6 is 0 Å². The predicted molar refractivity (Wildman–Crippen MR) is 167 cm³/mol. The van der Waals surface area contributed by atoms with Crippen molar-refractivity contribution in [3.05, 3.63) is 58.7 Å². The Morgan fingerprint density at radius 1 is 0.447 bits per heavy atom. The number of benzene rings is 2. The smallest absolute Gasteiger partial charge is 0.0639 e. The quantitative estimate of drug-likeness (QED) is 0.0983. The van der Waals surface area contributed by atoms with E-state index < -0.39 is 0 Å². The molecule has 0 spiro atoms. The van der Waals surface area contributed by atoms with Gasteiger partial charge in [0.15, 0.2) is 0 Å². The zero-order chi connectivity index (χ0) is 26.9. The van der Waals surface area contributed by atoms with E-state index in [1.165, 1.54) is 85.0 Å². The number of hydrogen-bond donors (Lipinski definition) is 0. The van der Waals surface area contributed by atoms with Crippen molar-refractivity contribution in [2.75, 3.05) is 0 Å². The molecule has 0 heterocycles. The summed E-state index contributed by atoms with van der Waals surface area (Å²) in [5.74, 6) is 0. The molecule has 0 aromatic heterocycles. The van der Waals surface area contributed by atoms with Gasteiger partial charge in [-0.2, -0.15) is 0 Å². The van der Waals surface area contributed by atoms with Crippen molar-refractivity contribution in [3.63, 3.8) is 0 Å². The largest absolute Gasteiger partial charge is 0.252 e. The Bertz CT molecular complexity index is 941. The van der Waals surface area contributed by atoms with Gasteiger partial charge in [0.05, 0.1) is 22.8 Å². The zero-order valence-electron chi connectivity index (χ0n) is 25.3. The number of nitrogens with zero attached hydrogens (tertiary/aromatic N) is 2. The molecular formula is C35H54N2Ni.